The fourth-order valence-corrected chi connectivity index (χ4v) is 22.4. The van der Waals surface area contributed by atoms with Crippen LogP contribution in [0, 0.1) is 71.0 Å². The van der Waals surface area contributed by atoms with Gasteiger partial charge in [-0.2, -0.15) is 0 Å². The Bertz CT molecular complexity index is 4160. The minimum Gasteiger partial charge on any atom is -0.512 e. The van der Waals surface area contributed by atoms with Gasteiger partial charge >= 0.3 is 0 Å². The lowest BCUT2D eigenvalue weighted by Gasteiger charge is -2.54. The number of nitrogens with one attached hydrogen (secondary N) is 6. The van der Waals surface area contributed by atoms with Gasteiger partial charge in [0.05, 0.1) is 64.2 Å². The van der Waals surface area contributed by atoms with Gasteiger partial charge in [0.25, 0.3) is 0 Å². The van der Waals surface area contributed by atoms with Crippen molar-refractivity contribution in [2.45, 2.75) is 265 Å². The molecule has 0 spiro atoms. The van der Waals surface area contributed by atoms with Gasteiger partial charge in [-0.05, 0) is 155 Å². The Morgan fingerprint density at radius 1 is 0.726 bits per heavy atom. The zero-order valence-electron chi connectivity index (χ0n) is 67.1. The summed E-state index contributed by atoms with van der Waals surface area (Å²) in [5.41, 5.74) is 11.7. The van der Waals surface area contributed by atoms with E-state index in [1.165, 1.54) is 48.6 Å². The fourth-order valence-electron chi connectivity index (χ4n) is 20.6. The molecule has 15 rings (SSSR count). The van der Waals surface area contributed by atoms with E-state index in [9.17, 15) is 58.9 Å². The van der Waals surface area contributed by atoms with Crippen LogP contribution in [0.25, 0.3) is 0 Å². The Morgan fingerprint density at radius 2 is 1.43 bits per heavy atom. The first-order valence-electron chi connectivity index (χ1n) is 42.4. The topological polar surface area (TPSA) is 484 Å². The van der Waals surface area contributed by atoms with E-state index < -0.39 is 220 Å². The van der Waals surface area contributed by atoms with Gasteiger partial charge in [-0.25, -0.2) is 13.1 Å². The van der Waals surface area contributed by atoms with E-state index in [0.717, 1.165) is 64.2 Å². The maximum atomic E-state index is 16.6. The average Bonchev–Trinajstić information content (AvgIpc) is 0.754. The van der Waals surface area contributed by atoms with Crippen LogP contribution in [0.15, 0.2) is 64.9 Å². The number of aromatic hydroxyl groups is 1. The number of aliphatic hydroxyl groups is 7. The lowest BCUT2D eigenvalue weighted by atomic mass is 9.51. The molecule has 18 N–H and O–H groups in total. The van der Waals surface area contributed by atoms with E-state index in [1.54, 1.807) is 6.92 Å². The maximum absolute atomic E-state index is 16.6. The molecule has 5 saturated carbocycles. The van der Waals surface area contributed by atoms with Crippen LogP contribution in [0.5, 0.6) is 23.0 Å². The number of phenols is 1. The molecule has 5 aliphatic heterocycles. The molecule has 2 unspecified atom stereocenters. The van der Waals surface area contributed by atoms with Crippen molar-refractivity contribution in [1.82, 2.24) is 31.3 Å². The van der Waals surface area contributed by atoms with Crippen LogP contribution in [0.4, 0.5) is 0 Å². The van der Waals surface area contributed by atoms with Gasteiger partial charge in [0.15, 0.2) is 28.8 Å². The number of carbonyl (C=O) groups is 8. The summed E-state index contributed by atoms with van der Waals surface area (Å²) in [6, 6.07) is -0.909. The van der Waals surface area contributed by atoms with Crippen molar-refractivity contribution in [3.8, 4) is 23.0 Å². The first kappa shape index (κ1) is 89.4. The quantitative estimate of drug-likeness (QED) is 0.0326. The molecule has 8 aliphatic carbocycles. The van der Waals surface area contributed by atoms with Gasteiger partial charge < -0.3 is 93.1 Å². The summed E-state index contributed by atoms with van der Waals surface area (Å²) >= 11 is 14.7. The number of allylic oxidation sites excluding steroid dienone is 1. The summed E-state index contributed by atoms with van der Waals surface area (Å²) in [5, 5.41) is 111. The van der Waals surface area contributed by atoms with Crippen LogP contribution in [-0.2, 0) is 48.4 Å². The number of hydrogen-bond acceptors (Lipinski definition) is 23. The number of sulfonamides is 1. The summed E-state index contributed by atoms with van der Waals surface area (Å²) in [5.74, 6) is -17.8. The number of aliphatic hydroxyl groups excluding tert-OH is 7. The largest absolute Gasteiger partial charge is 0.512 e. The lowest BCUT2D eigenvalue weighted by molar-refractivity contribution is -0.149. The smallest absolute Gasteiger partial charge is 0.245 e. The highest BCUT2D eigenvalue weighted by atomic mass is 35.5. The number of Topliss-reactive ketones (excluding diaryl/α,β-unsaturated/α-hetero) is 3. The van der Waals surface area contributed by atoms with E-state index in [1.807, 2.05) is 13.8 Å². The molecule has 5 heterocycles. The third-order valence-corrected chi connectivity index (χ3v) is 29.1. The standard InChI is InChI=1S/C85H120Cl2N8O21S/c1-5-7-8-9-10-11-20-117(112,113)91-19-18-90-39-56-60(97)37-55-70(78(56)105)54-27-44(12-15-59(54)96)53-36-62(99)71-49-31-67(114-64-16-13-45(28-57(64)86)75(102)73(94-82(108)43(6-2)21-40(3)4)61(98)30-50(34-69(89)101)83(109)92-71)81(116-66-33-51(38-88)77(104)80(107)79(66)106)68(32-49)115-65-17-14-46(29-58(65)87)76(103)74(95-84(53)110)85(111)93-72(55)63(100)35-52-47-23-41-22-42(25-47)26-48(52)24-41/h12-13,15-16,27,29,31-32,40-43,45-48,50-53,55,57,64-66,70-80,90-91,96-97,102-107H,5-11,14,17-26,28,30,33-39,88H2,1-4H3,(H2,89,101)(H,92,109)(H,93,111)(H,94,108)(H,95,110)/t41?,42?,43-,45+,46+,47?,48?,50+,51-,52?,53-,55?,57-,64-,65-,66-,70?,71-,72+,73+,74+,75-,76-,77-,78+,79+,80+/m1/s1. The van der Waals surface area contributed by atoms with Crippen molar-refractivity contribution in [3.63, 3.8) is 0 Å². The van der Waals surface area contributed by atoms with Crippen molar-refractivity contribution < 1.29 is 102 Å². The predicted octanol–water partition coefficient (Wildman–Crippen LogP) is 5.23. The van der Waals surface area contributed by atoms with E-state index in [0.29, 0.717) is 31.1 Å². The van der Waals surface area contributed by atoms with Gasteiger partial charge in [-0.1, -0.05) is 95.7 Å². The Kier molecular flexibility index (Phi) is 29.8. The SMILES string of the molecule is CCCCCCCCS(=O)(=O)NCCNCC1=C(O)CC2C(c3cc(ccc3O)[C@H]3CC(=O)[C@@H]4NC(=O)[C@H](CC(N)=O)CC(=O)[C@H](NC(=O)[C@H](CC)CC(C)C)[C@H](O)[C@H]5C=C[C@@H](Oc6cc4cc(c6O[C@@H]4C[C@H](CN)[C@@H](O)[C@H](O)[C@H]4O)O[C@@H]4CC[C@@H](C=C4Cl)[C@@H](O)[C@H](NC3=O)C(=O)N[C@@H]2C(=O)CC2C3CC4CC(C3)CC2C4)[C@H](Cl)C5)[C@H]1O. The molecule has 5 amide bonds. The highest BCUT2D eigenvalue weighted by molar-refractivity contribution is 7.89. The molecular weight excluding hydrogens is 1570 g/mol. The number of ether oxygens (including phenoxy) is 3. The Balaban J connectivity index is 1.000. The number of ketones is 3. The number of primary amides is 1. The third-order valence-electron chi connectivity index (χ3n) is 26.8. The van der Waals surface area contributed by atoms with Crippen LogP contribution >= 0.6 is 23.2 Å². The number of phenolic OH excluding ortho intramolecular Hbond substituents is 1. The number of alkyl halides is 1. The molecule has 32 heteroatoms. The molecule has 2 aromatic rings. The molecule has 22 atom stereocenters. The molecule has 0 aromatic heterocycles. The normalized spacial score (nSPS) is 35.4. The summed E-state index contributed by atoms with van der Waals surface area (Å²) in [7, 11) is -3.69. The first-order chi connectivity index (χ1) is 55.7. The highest BCUT2D eigenvalue weighted by Crippen LogP contribution is 2.58. The minimum absolute atomic E-state index is 0.00473. The summed E-state index contributed by atoms with van der Waals surface area (Å²) in [4.78, 5) is 123. The van der Waals surface area contributed by atoms with Crippen LogP contribution in [0.3, 0.4) is 0 Å². The predicted molar refractivity (Wildman–Crippen MR) is 432 cm³/mol. The second kappa shape index (κ2) is 38.9. The van der Waals surface area contributed by atoms with Crippen molar-refractivity contribution in [2.75, 3.05) is 31.9 Å². The maximum Gasteiger partial charge on any atom is 0.245 e. The Morgan fingerprint density at radius 3 is 2.09 bits per heavy atom. The second-order valence-electron chi connectivity index (χ2n) is 35.4. The summed E-state index contributed by atoms with van der Waals surface area (Å²) < 4.78 is 49.5. The summed E-state index contributed by atoms with van der Waals surface area (Å²) in [6.07, 6.45) is -2.66. The molecule has 0 radical (unpaired) electrons. The van der Waals surface area contributed by atoms with Crippen LogP contribution in [0.2, 0.25) is 0 Å². The highest BCUT2D eigenvalue weighted by Gasteiger charge is 2.54. The van der Waals surface area contributed by atoms with E-state index in [2.05, 4.69) is 38.2 Å². The monoisotopic (exact) mass is 1690 g/mol. The number of benzene rings is 2. The molecule has 0 saturated heterocycles. The molecule has 15 bridgehead atoms. The molecule has 29 nitrogen and oxygen atoms in total. The molecule has 117 heavy (non-hydrogen) atoms. The lowest BCUT2D eigenvalue weighted by Crippen LogP contribution is -2.61. The van der Waals surface area contributed by atoms with Crippen molar-refractivity contribution in [2.24, 2.45) is 82.5 Å². The zero-order valence-corrected chi connectivity index (χ0v) is 69.4. The van der Waals surface area contributed by atoms with Crippen LogP contribution in [-0.4, -0.2) is 207 Å². The fraction of sp³-hybridized carbons (Fsp3) is 0.694. The first-order valence-corrected chi connectivity index (χ1v) is 44.9. The molecule has 13 aliphatic rings. The minimum atomic E-state index is -3.69. The number of fused-ring (bicyclic) bond motifs is 13. The second-order valence-corrected chi connectivity index (χ2v) is 38.3. The van der Waals surface area contributed by atoms with Crippen molar-refractivity contribution in [1.29, 1.82) is 0 Å². The molecule has 5 fully saturated rings. The van der Waals surface area contributed by atoms with Crippen LogP contribution < -0.4 is 57.0 Å². The number of halogens is 2. The van der Waals surface area contributed by atoms with E-state index >= 15 is 28.8 Å². The molecule has 646 valence electrons. The number of amides is 5. The number of unbranched alkanes of at least 4 members (excludes halogenated alkanes) is 5. The van der Waals surface area contributed by atoms with Gasteiger partial charge in [0.1, 0.15) is 54.4 Å². The van der Waals surface area contributed by atoms with Crippen molar-refractivity contribution in [3.05, 3.63) is 81.6 Å². The Hall–Kier alpha value is -6.81. The number of nitrogens with two attached hydrogens (primary N) is 2. The van der Waals surface area contributed by atoms with Gasteiger partial charge in [0.2, 0.25) is 45.3 Å². The summed E-state index contributed by atoms with van der Waals surface area (Å²) in [6.45, 7) is 7.24. The van der Waals surface area contributed by atoms with Gasteiger partial charge in [0, 0.05) is 98.4 Å². The number of hydrogen-bond donors (Lipinski definition) is 16. The van der Waals surface area contributed by atoms with E-state index in [4.69, 9.17) is 48.9 Å². The number of rotatable bonds is 26. The van der Waals surface area contributed by atoms with Gasteiger partial charge in [-0.3, -0.25) is 38.4 Å². The zero-order chi connectivity index (χ0) is 84.2. The van der Waals surface area contributed by atoms with Gasteiger partial charge in [-0.15, -0.1) is 11.6 Å². The Labute approximate surface area is 693 Å². The van der Waals surface area contributed by atoms with E-state index in [-0.39, 0.29) is 138 Å². The van der Waals surface area contributed by atoms with Crippen molar-refractivity contribution >= 4 is 80.1 Å². The number of carbonyl (C=O) groups excluding carboxylic acids is 8. The average molecular weight is 1690 g/mol. The molecular formula is C85H120Cl2N8O21S. The van der Waals surface area contributed by atoms with Crippen LogP contribution in [0.1, 0.15) is 204 Å². The third kappa shape index (κ3) is 20.7. The molecule has 2 aromatic carbocycles.